The quantitative estimate of drug-likeness (QED) is 0.0690. The van der Waals surface area contributed by atoms with Crippen molar-refractivity contribution in [3.63, 3.8) is 0 Å². The average Bonchev–Trinajstić information content (AvgIpc) is 2.78. The molecule has 0 aromatic rings. The molecule has 33 heavy (non-hydrogen) atoms. The first-order valence-electron chi connectivity index (χ1n) is 12.8. The third-order valence-electron chi connectivity index (χ3n) is 5.62. The second kappa shape index (κ2) is 21.5. The lowest BCUT2D eigenvalue weighted by Crippen LogP contribution is -2.04. The molecule has 0 unspecified atom stereocenters. The molecular weight excluding hydrogens is 416 g/mol. The Morgan fingerprint density at radius 2 is 1.18 bits per heavy atom. The number of carboxylic acid groups (broad SMARTS) is 2. The number of aliphatic hydroxyl groups is 1. The van der Waals surface area contributed by atoms with Crippen molar-refractivity contribution in [2.24, 2.45) is 0 Å². The molecule has 0 aliphatic heterocycles. The number of unbranched alkanes of at least 4 members (excludes halogenated alkanes) is 11. The fourth-order valence-electron chi connectivity index (χ4n) is 3.53. The molecule has 0 saturated carbocycles. The highest BCUT2D eigenvalue weighted by Gasteiger charge is 2.12. The Hall–Kier alpha value is -2.30. The van der Waals surface area contributed by atoms with Gasteiger partial charge in [-0.05, 0) is 57.4 Å². The van der Waals surface area contributed by atoms with Crippen LogP contribution in [0, 0.1) is 0 Å². The molecule has 0 rings (SSSR count). The maximum atomic E-state index is 11.4. The molecule has 188 valence electrons. The van der Waals surface area contributed by atoms with Gasteiger partial charge in [0.1, 0.15) is 5.76 Å². The van der Waals surface area contributed by atoms with E-state index < -0.39 is 11.9 Å². The lowest BCUT2D eigenvalue weighted by molar-refractivity contribution is -0.133. The van der Waals surface area contributed by atoms with E-state index in [1.807, 2.05) is 18.2 Å². The molecule has 0 aromatic heterocycles. The highest BCUT2D eigenvalue weighted by Crippen LogP contribution is 2.17. The molecule has 0 fully saturated rings. The SMILES string of the molecule is CCCCC/C=C/C=C(\CCCCCCCC/C(C(=O)O)=C(O)/C=C/CCCCC)C(=O)O. The van der Waals surface area contributed by atoms with Gasteiger partial charge in [-0.25, -0.2) is 9.59 Å². The minimum atomic E-state index is -1.06. The maximum absolute atomic E-state index is 11.4. The van der Waals surface area contributed by atoms with Gasteiger partial charge >= 0.3 is 11.9 Å². The molecule has 3 N–H and O–H groups in total. The lowest BCUT2D eigenvalue weighted by Gasteiger charge is -2.05. The Labute approximate surface area is 201 Å². The molecule has 5 heteroatoms. The van der Waals surface area contributed by atoms with Gasteiger partial charge in [-0.1, -0.05) is 89.5 Å². The van der Waals surface area contributed by atoms with E-state index in [0.717, 1.165) is 77.0 Å². The van der Waals surface area contributed by atoms with Crippen molar-refractivity contribution >= 4 is 11.9 Å². The van der Waals surface area contributed by atoms with Crippen molar-refractivity contribution in [2.45, 2.75) is 117 Å². The number of aliphatic carboxylic acids is 2. The predicted molar refractivity (Wildman–Crippen MR) is 137 cm³/mol. The molecule has 0 bridgehead atoms. The summed E-state index contributed by atoms with van der Waals surface area (Å²) in [6, 6.07) is 0. The summed E-state index contributed by atoms with van der Waals surface area (Å²) in [6.45, 7) is 4.29. The van der Waals surface area contributed by atoms with Crippen LogP contribution in [0.1, 0.15) is 117 Å². The van der Waals surface area contributed by atoms with E-state index in [-0.39, 0.29) is 11.3 Å². The Kier molecular flexibility index (Phi) is 20.0. The number of hydrogen-bond donors (Lipinski definition) is 3. The van der Waals surface area contributed by atoms with Crippen LogP contribution < -0.4 is 0 Å². The molecule has 0 radical (unpaired) electrons. The van der Waals surface area contributed by atoms with E-state index >= 15 is 0 Å². The van der Waals surface area contributed by atoms with Crippen LogP contribution in [-0.2, 0) is 9.59 Å². The average molecular weight is 463 g/mol. The second-order valence-corrected chi connectivity index (χ2v) is 8.61. The van der Waals surface area contributed by atoms with Crippen LogP contribution in [0.4, 0.5) is 0 Å². The number of hydrogen-bond acceptors (Lipinski definition) is 3. The van der Waals surface area contributed by atoms with Crippen LogP contribution in [0.5, 0.6) is 0 Å². The zero-order valence-corrected chi connectivity index (χ0v) is 20.9. The first kappa shape index (κ1) is 30.7. The molecule has 0 aliphatic rings. The van der Waals surface area contributed by atoms with Gasteiger partial charge < -0.3 is 15.3 Å². The lowest BCUT2D eigenvalue weighted by atomic mass is 10.0. The third-order valence-corrected chi connectivity index (χ3v) is 5.62. The number of aliphatic hydroxyl groups excluding tert-OH is 1. The molecule has 0 spiro atoms. The minimum absolute atomic E-state index is 0.0840. The van der Waals surface area contributed by atoms with E-state index in [4.69, 9.17) is 0 Å². The van der Waals surface area contributed by atoms with Gasteiger partial charge in [0.15, 0.2) is 0 Å². The molecular formula is C28H46O5. The fourth-order valence-corrected chi connectivity index (χ4v) is 3.53. The van der Waals surface area contributed by atoms with Crippen LogP contribution >= 0.6 is 0 Å². The van der Waals surface area contributed by atoms with Gasteiger partial charge in [-0.15, -0.1) is 0 Å². The van der Waals surface area contributed by atoms with Gasteiger partial charge in [0.25, 0.3) is 0 Å². The van der Waals surface area contributed by atoms with Crippen molar-refractivity contribution in [2.75, 3.05) is 0 Å². The molecule has 0 saturated heterocycles. The topological polar surface area (TPSA) is 94.8 Å². The van der Waals surface area contributed by atoms with Crippen molar-refractivity contribution in [1.29, 1.82) is 0 Å². The maximum Gasteiger partial charge on any atom is 0.335 e. The highest BCUT2D eigenvalue weighted by molar-refractivity contribution is 5.87. The number of carbonyl (C=O) groups is 2. The minimum Gasteiger partial charge on any atom is -0.507 e. The van der Waals surface area contributed by atoms with Gasteiger partial charge in [-0.3, -0.25) is 0 Å². The van der Waals surface area contributed by atoms with Crippen molar-refractivity contribution in [1.82, 2.24) is 0 Å². The third kappa shape index (κ3) is 17.9. The Bertz CT molecular complexity index is 655. The number of carboxylic acids is 2. The van der Waals surface area contributed by atoms with Gasteiger partial charge in [0.05, 0.1) is 5.57 Å². The molecule has 0 atom stereocenters. The first-order chi connectivity index (χ1) is 15.9. The van der Waals surface area contributed by atoms with Crippen LogP contribution in [0.25, 0.3) is 0 Å². The van der Waals surface area contributed by atoms with E-state index in [1.165, 1.54) is 18.9 Å². The normalized spacial score (nSPS) is 13.1. The van der Waals surface area contributed by atoms with Crippen LogP contribution in [-0.4, -0.2) is 27.3 Å². The van der Waals surface area contributed by atoms with Crippen molar-refractivity contribution < 1.29 is 24.9 Å². The zero-order chi connectivity index (χ0) is 24.7. The summed E-state index contributed by atoms with van der Waals surface area (Å²) in [5.41, 5.74) is 0.539. The molecule has 0 aromatic carbocycles. The fraction of sp³-hybridized carbons (Fsp3) is 0.643. The summed E-state index contributed by atoms with van der Waals surface area (Å²) in [4.78, 5) is 22.8. The highest BCUT2D eigenvalue weighted by atomic mass is 16.4. The van der Waals surface area contributed by atoms with E-state index in [9.17, 15) is 24.9 Å². The smallest absolute Gasteiger partial charge is 0.335 e. The zero-order valence-electron chi connectivity index (χ0n) is 20.9. The van der Waals surface area contributed by atoms with E-state index in [1.54, 1.807) is 6.08 Å². The Morgan fingerprint density at radius 3 is 1.73 bits per heavy atom. The standard InChI is InChI=1S/C28H46O5/c1-3-5-7-9-13-16-20-24(27(30)31)21-17-14-10-11-15-18-22-25(28(32)33)26(29)23-19-12-8-6-4-2/h13,16,19-20,23,29H,3-12,14-15,17-18,21-22H2,1-2H3,(H,30,31)(H,32,33)/b16-13+,23-19+,24-20+,26-25+. The van der Waals surface area contributed by atoms with Crippen LogP contribution in [0.15, 0.2) is 47.3 Å². The van der Waals surface area contributed by atoms with Gasteiger partial charge in [0.2, 0.25) is 0 Å². The largest absolute Gasteiger partial charge is 0.507 e. The summed E-state index contributed by atoms with van der Waals surface area (Å²) >= 11 is 0. The summed E-state index contributed by atoms with van der Waals surface area (Å²) < 4.78 is 0. The monoisotopic (exact) mass is 462 g/mol. The summed E-state index contributed by atoms with van der Waals surface area (Å²) in [5, 5.41) is 28.8. The Morgan fingerprint density at radius 1 is 0.636 bits per heavy atom. The van der Waals surface area contributed by atoms with E-state index in [0.29, 0.717) is 18.4 Å². The first-order valence-corrected chi connectivity index (χ1v) is 12.8. The molecule has 5 nitrogen and oxygen atoms in total. The second-order valence-electron chi connectivity index (χ2n) is 8.61. The molecule has 0 heterocycles. The number of rotatable bonds is 21. The predicted octanol–water partition coefficient (Wildman–Crippen LogP) is 8.29. The van der Waals surface area contributed by atoms with E-state index in [2.05, 4.69) is 13.8 Å². The summed E-state index contributed by atoms with van der Waals surface area (Å²) in [7, 11) is 0. The Balaban J connectivity index is 4.17. The molecule has 0 aliphatic carbocycles. The van der Waals surface area contributed by atoms with Gasteiger partial charge in [0, 0.05) is 5.57 Å². The van der Waals surface area contributed by atoms with Gasteiger partial charge in [-0.2, -0.15) is 0 Å². The summed E-state index contributed by atoms with van der Waals surface area (Å²) in [6.07, 6.45) is 24.0. The van der Waals surface area contributed by atoms with Crippen molar-refractivity contribution in [3.8, 4) is 0 Å². The summed E-state index contributed by atoms with van der Waals surface area (Å²) in [5.74, 6) is -2.04. The van der Waals surface area contributed by atoms with Crippen molar-refractivity contribution in [3.05, 3.63) is 47.3 Å². The number of allylic oxidation sites excluding steroid dienone is 5. The molecule has 0 amide bonds. The van der Waals surface area contributed by atoms with Crippen LogP contribution in [0.2, 0.25) is 0 Å². The van der Waals surface area contributed by atoms with Crippen LogP contribution in [0.3, 0.4) is 0 Å².